The van der Waals surface area contributed by atoms with Crippen molar-refractivity contribution in [2.24, 2.45) is 5.92 Å². The first-order valence-electron chi connectivity index (χ1n) is 9.05. The number of rotatable bonds is 5. The van der Waals surface area contributed by atoms with Crippen LogP contribution in [0, 0.1) is 17.2 Å². The Labute approximate surface area is 149 Å². The number of carbonyl (C=O) groups is 1. The molecule has 4 nitrogen and oxygen atoms in total. The summed E-state index contributed by atoms with van der Waals surface area (Å²) in [5.74, 6) is 0.508. The molecule has 0 amide bonds. The highest BCUT2D eigenvalue weighted by atomic mass is 16.5. The number of esters is 1. The van der Waals surface area contributed by atoms with Gasteiger partial charge in [0.2, 0.25) is 0 Å². The normalized spacial score (nSPS) is 15.1. The monoisotopic (exact) mass is 336 g/mol. The smallest absolute Gasteiger partial charge is 0.305 e. The fraction of sp³-hybridized carbons (Fsp3) is 0.429. The molecule has 1 aliphatic heterocycles. The summed E-state index contributed by atoms with van der Waals surface area (Å²) >= 11 is 0. The van der Waals surface area contributed by atoms with E-state index in [2.05, 4.69) is 23.1 Å². The lowest BCUT2D eigenvalue weighted by atomic mass is 9.91. The molecule has 1 aliphatic rings. The second-order valence-electron chi connectivity index (χ2n) is 6.56. The van der Waals surface area contributed by atoms with Crippen LogP contribution in [0.5, 0.6) is 0 Å². The predicted octanol–water partition coefficient (Wildman–Crippen LogP) is 4.27. The number of hydrogen-bond donors (Lipinski definition) is 0. The van der Waals surface area contributed by atoms with Crippen molar-refractivity contribution in [3.63, 3.8) is 0 Å². The van der Waals surface area contributed by atoms with Crippen LogP contribution in [0.3, 0.4) is 0 Å². The molecule has 2 aromatic rings. The van der Waals surface area contributed by atoms with Crippen molar-refractivity contribution in [1.29, 1.82) is 5.26 Å². The number of nitrogens with zero attached hydrogens (tertiary/aromatic N) is 2. The van der Waals surface area contributed by atoms with Crippen LogP contribution in [0.25, 0.3) is 10.8 Å². The fourth-order valence-corrected chi connectivity index (χ4v) is 3.67. The van der Waals surface area contributed by atoms with Gasteiger partial charge in [-0.3, -0.25) is 4.79 Å². The third-order valence-corrected chi connectivity index (χ3v) is 5.04. The van der Waals surface area contributed by atoms with Crippen molar-refractivity contribution in [1.82, 2.24) is 0 Å². The summed E-state index contributed by atoms with van der Waals surface area (Å²) < 4.78 is 5.02. The molecular formula is C21H24N2O2. The molecule has 0 bridgehead atoms. The van der Waals surface area contributed by atoms with Crippen LogP contribution in [0.15, 0.2) is 36.4 Å². The third kappa shape index (κ3) is 3.93. The molecule has 25 heavy (non-hydrogen) atoms. The van der Waals surface area contributed by atoms with E-state index in [9.17, 15) is 10.1 Å². The first-order chi connectivity index (χ1) is 12.2. The first-order valence-corrected chi connectivity index (χ1v) is 9.05. The molecule has 4 heteroatoms. The summed E-state index contributed by atoms with van der Waals surface area (Å²) in [5, 5.41) is 11.5. The van der Waals surface area contributed by atoms with E-state index in [4.69, 9.17) is 4.74 Å². The Balaban J connectivity index is 1.67. The van der Waals surface area contributed by atoms with Gasteiger partial charge in [0.1, 0.15) is 0 Å². The molecule has 0 N–H and O–H groups in total. The van der Waals surface area contributed by atoms with Crippen LogP contribution >= 0.6 is 0 Å². The van der Waals surface area contributed by atoms with Crippen LogP contribution in [0.2, 0.25) is 0 Å². The Morgan fingerprint density at radius 3 is 2.60 bits per heavy atom. The zero-order valence-electron chi connectivity index (χ0n) is 14.7. The number of ether oxygens (including phenoxy) is 1. The molecule has 3 rings (SSSR count). The number of anilines is 1. The minimum Gasteiger partial charge on any atom is -0.466 e. The number of hydrogen-bond acceptors (Lipinski definition) is 4. The predicted molar refractivity (Wildman–Crippen MR) is 99.5 cm³/mol. The zero-order valence-corrected chi connectivity index (χ0v) is 14.7. The van der Waals surface area contributed by atoms with Crippen molar-refractivity contribution in [2.75, 3.05) is 24.6 Å². The highest BCUT2D eigenvalue weighted by molar-refractivity contribution is 5.97. The molecule has 0 aromatic heterocycles. The van der Waals surface area contributed by atoms with Crippen LogP contribution in [0.1, 0.15) is 38.2 Å². The van der Waals surface area contributed by atoms with E-state index in [0.717, 1.165) is 48.7 Å². The van der Waals surface area contributed by atoms with E-state index in [-0.39, 0.29) is 5.97 Å². The van der Waals surface area contributed by atoms with Gasteiger partial charge in [0, 0.05) is 36.0 Å². The molecule has 1 saturated heterocycles. The van der Waals surface area contributed by atoms with E-state index in [1.54, 1.807) is 0 Å². The van der Waals surface area contributed by atoms with Gasteiger partial charge in [0.15, 0.2) is 0 Å². The Kier molecular flexibility index (Phi) is 5.55. The minimum atomic E-state index is -0.0805. The molecule has 0 spiro atoms. The molecule has 130 valence electrons. The zero-order chi connectivity index (χ0) is 17.6. The van der Waals surface area contributed by atoms with Crippen LogP contribution in [-0.2, 0) is 9.53 Å². The summed E-state index contributed by atoms with van der Waals surface area (Å²) in [4.78, 5) is 13.9. The quantitative estimate of drug-likeness (QED) is 0.765. The SMILES string of the molecule is CCOC(=O)CCC1CCN(c2ccc(C#N)c3ccccc23)CC1. The lowest BCUT2D eigenvalue weighted by molar-refractivity contribution is -0.143. The number of benzene rings is 2. The fourth-order valence-electron chi connectivity index (χ4n) is 3.67. The Hall–Kier alpha value is -2.54. The van der Waals surface area contributed by atoms with E-state index < -0.39 is 0 Å². The second kappa shape index (κ2) is 8.02. The standard InChI is InChI=1S/C21H24N2O2/c1-2-25-21(24)10-7-16-11-13-23(14-12-16)20-9-8-17(15-22)18-5-3-4-6-19(18)20/h3-6,8-9,16H,2,7,10-14H2,1H3. The highest BCUT2D eigenvalue weighted by Gasteiger charge is 2.21. The molecule has 0 radical (unpaired) electrons. The van der Waals surface area contributed by atoms with Gasteiger partial charge >= 0.3 is 5.97 Å². The van der Waals surface area contributed by atoms with E-state index in [0.29, 0.717) is 18.9 Å². The van der Waals surface area contributed by atoms with E-state index in [1.165, 1.54) is 5.69 Å². The highest BCUT2D eigenvalue weighted by Crippen LogP contribution is 2.33. The molecule has 2 aromatic carbocycles. The number of nitriles is 1. The third-order valence-electron chi connectivity index (χ3n) is 5.04. The molecule has 1 fully saturated rings. The summed E-state index contributed by atoms with van der Waals surface area (Å²) in [5.41, 5.74) is 1.93. The summed E-state index contributed by atoms with van der Waals surface area (Å²) in [7, 11) is 0. The number of piperidine rings is 1. The van der Waals surface area contributed by atoms with Gasteiger partial charge in [-0.15, -0.1) is 0 Å². The topological polar surface area (TPSA) is 53.3 Å². The molecule has 0 unspecified atom stereocenters. The molecular weight excluding hydrogens is 312 g/mol. The average molecular weight is 336 g/mol. The Bertz CT molecular complexity index is 786. The first kappa shape index (κ1) is 17.3. The van der Waals surface area contributed by atoms with Crippen LogP contribution < -0.4 is 4.90 Å². The molecule has 0 aliphatic carbocycles. The van der Waals surface area contributed by atoms with Crippen LogP contribution in [-0.4, -0.2) is 25.7 Å². The maximum atomic E-state index is 11.5. The van der Waals surface area contributed by atoms with E-state index >= 15 is 0 Å². The van der Waals surface area contributed by atoms with Crippen molar-refractivity contribution < 1.29 is 9.53 Å². The average Bonchev–Trinajstić information content (AvgIpc) is 2.66. The van der Waals surface area contributed by atoms with Gasteiger partial charge in [-0.1, -0.05) is 24.3 Å². The largest absolute Gasteiger partial charge is 0.466 e. The molecule has 0 atom stereocenters. The second-order valence-corrected chi connectivity index (χ2v) is 6.56. The Morgan fingerprint density at radius 2 is 1.92 bits per heavy atom. The van der Waals surface area contributed by atoms with Gasteiger partial charge in [0.05, 0.1) is 18.2 Å². The van der Waals surface area contributed by atoms with Gasteiger partial charge in [-0.25, -0.2) is 0 Å². The summed E-state index contributed by atoms with van der Waals surface area (Å²) in [6.07, 6.45) is 3.63. The number of carbonyl (C=O) groups excluding carboxylic acids is 1. The molecule has 1 heterocycles. The van der Waals surface area contributed by atoms with Gasteiger partial charge in [-0.2, -0.15) is 5.26 Å². The maximum Gasteiger partial charge on any atom is 0.305 e. The van der Waals surface area contributed by atoms with E-state index in [1.807, 2.05) is 31.2 Å². The summed E-state index contributed by atoms with van der Waals surface area (Å²) in [6.45, 7) is 4.29. The van der Waals surface area contributed by atoms with Crippen molar-refractivity contribution in [3.8, 4) is 6.07 Å². The maximum absolute atomic E-state index is 11.5. The van der Waals surface area contributed by atoms with Crippen LogP contribution in [0.4, 0.5) is 5.69 Å². The Morgan fingerprint density at radius 1 is 1.20 bits per heavy atom. The number of fused-ring (bicyclic) bond motifs is 1. The lowest BCUT2D eigenvalue weighted by Crippen LogP contribution is -2.34. The van der Waals surface area contributed by atoms with Crippen molar-refractivity contribution in [3.05, 3.63) is 42.0 Å². The van der Waals surface area contributed by atoms with Crippen molar-refractivity contribution in [2.45, 2.75) is 32.6 Å². The van der Waals surface area contributed by atoms with Gasteiger partial charge in [0.25, 0.3) is 0 Å². The minimum absolute atomic E-state index is 0.0805. The van der Waals surface area contributed by atoms with Crippen molar-refractivity contribution >= 4 is 22.4 Å². The summed E-state index contributed by atoms with van der Waals surface area (Å²) in [6, 6.07) is 14.4. The van der Waals surface area contributed by atoms with Gasteiger partial charge < -0.3 is 9.64 Å². The van der Waals surface area contributed by atoms with Gasteiger partial charge in [-0.05, 0) is 44.2 Å². The molecule has 0 saturated carbocycles. The lowest BCUT2D eigenvalue weighted by Gasteiger charge is -2.34.